The number of likely N-dealkylation sites (N-methyl/N-ethyl adjacent to an activating group) is 1. The minimum absolute atomic E-state index is 0.292. The van der Waals surface area contributed by atoms with Crippen LogP contribution in [0.4, 0.5) is 11.6 Å². The Bertz CT molecular complexity index is 1050. The molecule has 1 aliphatic heterocycles. The second kappa shape index (κ2) is 8.27. The van der Waals surface area contributed by atoms with Crippen molar-refractivity contribution in [3.63, 3.8) is 0 Å². The third kappa shape index (κ3) is 4.06. The number of carbonyl (C=O) groups excluding carboxylic acids is 1. The number of aromatic nitrogens is 4. The van der Waals surface area contributed by atoms with E-state index >= 15 is 0 Å². The molecule has 1 saturated heterocycles. The van der Waals surface area contributed by atoms with Crippen LogP contribution in [-0.4, -0.2) is 70.1 Å². The fraction of sp³-hybridized carbons (Fsp3) is 0.429. The molecule has 1 N–H and O–H groups in total. The van der Waals surface area contributed by atoms with Crippen molar-refractivity contribution in [2.45, 2.75) is 19.9 Å². The number of aryl methyl sites for hydroxylation is 1. The first kappa shape index (κ1) is 20.1. The molecule has 1 amide bonds. The van der Waals surface area contributed by atoms with Gasteiger partial charge in [0.25, 0.3) is 5.91 Å². The Kier molecular flexibility index (Phi) is 5.54. The van der Waals surface area contributed by atoms with Crippen molar-refractivity contribution in [3.05, 3.63) is 36.0 Å². The molecule has 1 aliphatic rings. The van der Waals surface area contributed by atoms with Crippen LogP contribution in [-0.2, 0) is 7.05 Å². The van der Waals surface area contributed by atoms with Gasteiger partial charge in [0.05, 0.1) is 17.7 Å². The maximum absolute atomic E-state index is 12.9. The fourth-order valence-electron chi connectivity index (χ4n) is 3.63. The van der Waals surface area contributed by atoms with Gasteiger partial charge >= 0.3 is 0 Å². The normalized spacial score (nSPS) is 17.3. The molecular formula is C21H27N7O2. The van der Waals surface area contributed by atoms with Gasteiger partial charge in [0.1, 0.15) is 5.75 Å². The molecule has 4 rings (SSSR count). The van der Waals surface area contributed by atoms with Crippen molar-refractivity contribution in [3.8, 4) is 5.75 Å². The summed E-state index contributed by atoms with van der Waals surface area (Å²) in [6, 6.07) is 7.72. The minimum atomic E-state index is -0.292. The highest BCUT2D eigenvalue weighted by atomic mass is 16.5. The number of benzene rings is 1. The quantitative estimate of drug-likeness (QED) is 0.691. The van der Waals surface area contributed by atoms with E-state index in [-0.39, 0.29) is 5.91 Å². The molecule has 3 heterocycles. The zero-order valence-electron chi connectivity index (χ0n) is 17.8. The number of carbonyl (C=O) groups is 1. The predicted octanol–water partition coefficient (Wildman–Crippen LogP) is 2.15. The summed E-state index contributed by atoms with van der Waals surface area (Å²) in [5.74, 6) is 1.43. The van der Waals surface area contributed by atoms with E-state index in [4.69, 9.17) is 4.74 Å². The summed E-state index contributed by atoms with van der Waals surface area (Å²) in [7, 11) is 3.98. The molecule has 3 aromatic rings. The lowest BCUT2D eigenvalue weighted by Gasteiger charge is -2.38. The first-order chi connectivity index (χ1) is 14.4. The zero-order chi connectivity index (χ0) is 21.3. The van der Waals surface area contributed by atoms with Crippen LogP contribution in [0.5, 0.6) is 5.75 Å². The van der Waals surface area contributed by atoms with Crippen LogP contribution in [0, 0.1) is 0 Å². The molecule has 158 valence electrons. The monoisotopic (exact) mass is 409 g/mol. The molecule has 30 heavy (non-hydrogen) atoms. The van der Waals surface area contributed by atoms with Crippen molar-refractivity contribution in [1.29, 1.82) is 0 Å². The molecule has 0 radical (unpaired) electrons. The van der Waals surface area contributed by atoms with Crippen molar-refractivity contribution < 1.29 is 9.53 Å². The number of hydrogen-bond acceptors (Lipinski definition) is 7. The van der Waals surface area contributed by atoms with Gasteiger partial charge in [0.15, 0.2) is 11.6 Å². The number of fused-ring (bicyclic) bond motifs is 1. The summed E-state index contributed by atoms with van der Waals surface area (Å²) >= 11 is 0. The van der Waals surface area contributed by atoms with E-state index in [2.05, 4.69) is 44.4 Å². The summed E-state index contributed by atoms with van der Waals surface area (Å²) in [4.78, 5) is 17.5. The molecule has 0 saturated carbocycles. The molecule has 0 spiro atoms. The Balaban J connectivity index is 1.51. The molecular weight excluding hydrogens is 382 g/mol. The number of rotatable bonds is 5. The van der Waals surface area contributed by atoms with Crippen LogP contribution in [0.2, 0.25) is 0 Å². The lowest BCUT2D eigenvalue weighted by Crippen LogP contribution is -2.50. The van der Waals surface area contributed by atoms with Crippen molar-refractivity contribution >= 4 is 28.4 Å². The van der Waals surface area contributed by atoms with Crippen LogP contribution >= 0.6 is 0 Å². The van der Waals surface area contributed by atoms with Crippen molar-refractivity contribution in [2.24, 2.45) is 7.05 Å². The molecule has 1 unspecified atom stereocenters. The molecule has 1 fully saturated rings. The Morgan fingerprint density at radius 3 is 2.77 bits per heavy atom. The van der Waals surface area contributed by atoms with Gasteiger partial charge in [-0.1, -0.05) is 0 Å². The summed E-state index contributed by atoms with van der Waals surface area (Å²) < 4.78 is 7.39. The van der Waals surface area contributed by atoms with Crippen LogP contribution < -0.4 is 15.0 Å². The SMILES string of the molecule is CCOc1cc2nn(C)cc2cc1C(=O)Nc1ccc(N2CCN(C)C(C)C2)nn1. The van der Waals surface area contributed by atoms with Gasteiger partial charge in [-0.05, 0) is 39.1 Å². The van der Waals surface area contributed by atoms with E-state index in [0.717, 1.165) is 36.4 Å². The topological polar surface area (TPSA) is 88.4 Å². The number of ether oxygens (including phenoxy) is 1. The van der Waals surface area contributed by atoms with Crippen LogP contribution in [0.3, 0.4) is 0 Å². The Morgan fingerprint density at radius 1 is 1.23 bits per heavy atom. The molecule has 9 nitrogen and oxygen atoms in total. The summed E-state index contributed by atoms with van der Waals surface area (Å²) in [5, 5.41) is 16.6. The summed E-state index contributed by atoms with van der Waals surface area (Å²) in [5.41, 5.74) is 1.22. The van der Waals surface area contributed by atoms with E-state index in [1.165, 1.54) is 0 Å². The number of piperazine rings is 1. The Labute approximate surface area is 175 Å². The first-order valence-corrected chi connectivity index (χ1v) is 10.1. The summed E-state index contributed by atoms with van der Waals surface area (Å²) in [6.45, 7) is 7.33. The Hall–Kier alpha value is -3.20. The predicted molar refractivity (Wildman–Crippen MR) is 116 cm³/mol. The number of amides is 1. The van der Waals surface area contributed by atoms with E-state index in [9.17, 15) is 4.79 Å². The number of nitrogens with zero attached hydrogens (tertiary/aromatic N) is 6. The standard InChI is InChI=1S/C21H27N7O2/c1-5-30-18-11-17-15(13-27(4)25-17)10-16(18)21(29)22-19-6-7-20(24-23-19)28-9-8-26(3)14(2)12-28/h6-7,10-11,13-14H,5,8-9,12H2,1-4H3,(H,22,23,29). The highest BCUT2D eigenvalue weighted by molar-refractivity contribution is 6.08. The second-order valence-electron chi connectivity index (χ2n) is 7.65. The molecule has 9 heteroatoms. The maximum atomic E-state index is 12.9. The highest BCUT2D eigenvalue weighted by Crippen LogP contribution is 2.26. The average Bonchev–Trinajstić information content (AvgIpc) is 3.09. The molecule has 1 aromatic carbocycles. The number of anilines is 2. The Morgan fingerprint density at radius 2 is 2.07 bits per heavy atom. The van der Waals surface area contributed by atoms with Crippen LogP contribution in [0.1, 0.15) is 24.2 Å². The molecule has 1 atom stereocenters. The van der Waals surface area contributed by atoms with E-state index in [0.29, 0.717) is 29.8 Å². The third-order valence-corrected chi connectivity index (χ3v) is 5.44. The number of hydrogen-bond donors (Lipinski definition) is 1. The largest absolute Gasteiger partial charge is 0.493 e. The van der Waals surface area contributed by atoms with Gasteiger partial charge in [0.2, 0.25) is 0 Å². The molecule has 0 bridgehead atoms. The lowest BCUT2D eigenvalue weighted by atomic mass is 10.1. The van der Waals surface area contributed by atoms with Gasteiger partial charge in [-0.3, -0.25) is 9.48 Å². The molecule has 0 aliphatic carbocycles. The first-order valence-electron chi connectivity index (χ1n) is 10.1. The highest BCUT2D eigenvalue weighted by Gasteiger charge is 2.22. The second-order valence-corrected chi connectivity index (χ2v) is 7.65. The lowest BCUT2D eigenvalue weighted by molar-refractivity contribution is 0.102. The number of nitrogens with one attached hydrogen (secondary N) is 1. The van der Waals surface area contributed by atoms with Gasteiger partial charge in [-0.15, -0.1) is 10.2 Å². The van der Waals surface area contributed by atoms with Crippen molar-refractivity contribution in [2.75, 3.05) is 43.5 Å². The minimum Gasteiger partial charge on any atom is -0.493 e. The maximum Gasteiger partial charge on any atom is 0.260 e. The van der Waals surface area contributed by atoms with E-state index in [1.807, 2.05) is 26.2 Å². The van der Waals surface area contributed by atoms with E-state index < -0.39 is 0 Å². The van der Waals surface area contributed by atoms with Crippen LogP contribution in [0.15, 0.2) is 30.5 Å². The average molecular weight is 409 g/mol. The van der Waals surface area contributed by atoms with E-state index in [1.54, 1.807) is 22.9 Å². The van der Waals surface area contributed by atoms with Gasteiger partial charge in [-0.25, -0.2) is 0 Å². The third-order valence-electron chi connectivity index (χ3n) is 5.44. The smallest absolute Gasteiger partial charge is 0.260 e. The molecule has 2 aromatic heterocycles. The zero-order valence-corrected chi connectivity index (χ0v) is 17.8. The summed E-state index contributed by atoms with van der Waals surface area (Å²) in [6.07, 6.45) is 1.87. The van der Waals surface area contributed by atoms with Crippen LogP contribution in [0.25, 0.3) is 10.9 Å². The van der Waals surface area contributed by atoms with Gasteiger partial charge in [-0.2, -0.15) is 5.10 Å². The van der Waals surface area contributed by atoms with Crippen molar-refractivity contribution in [1.82, 2.24) is 24.9 Å². The van der Waals surface area contributed by atoms with Gasteiger partial charge < -0.3 is 19.9 Å². The fourth-order valence-corrected chi connectivity index (χ4v) is 3.63. The van der Waals surface area contributed by atoms with Gasteiger partial charge in [0, 0.05) is 50.4 Å².